The second kappa shape index (κ2) is 14.2. The predicted molar refractivity (Wildman–Crippen MR) is 127 cm³/mol. The third-order valence-electron chi connectivity index (χ3n) is 5.23. The number of hydrogen-bond donors (Lipinski definition) is 3. The predicted octanol–water partition coefficient (Wildman–Crippen LogP) is -0.0629. The second-order valence-electron chi connectivity index (χ2n) is 7.87. The first kappa shape index (κ1) is 27.2. The zero-order chi connectivity index (χ0) is 25.8. The van der Waals surface area contributed by atoms with Crippen molar-refractivity contribution in [2.45, 2.75) is 18.9 Å². The van der Waals surface area contributed by atoms with Crippen molar-refractivity contribution in [3.63, 3.8) is 0 Å². The molecule has 2 heterocycles. The Morgan fingerprint density at radius 2 is 1.69 bits per heavy atom. The Hall–Kier alpha value is -3.39. The van der Waals surface area contributed by atoms with E-state index in [-0.39, 0.29) is 37.5 Å². The van der Waals surface area contributed by atoms with Crippen LogP contribution in [0.15, 0.2) is 29.2 Å². The molecule has 1 aliphatic heterocycles. The maximum Gasteiger partial charge on any atom is 0.329 e. The number of ether oxygens (including phenoxy) is 4. The van der Waals surface area contributed by atoms with Crippen molar-refractivity contribution in [3.8, 4) is 0 Å². The van der Waals surface area contributed by atoms with E-state index in [2.05, 4.69) is 15.7 Å². The standard InChI is InChI=1S/C23H30N4O9/c28-20-4-3-19(22(31)26-20)27-23(32)18-2-1-17(13-16(18)14-25-27)24-5-6-33-7-8-34-9-10-35-11-12-36-15-21(29)30/h1-2,13-14,19,24H,3-12,15H2,(H,29,30)(H,26,28,31). The van der Waals surface area contributed by atoms with Gasteiger partial charge in [0.15, 0.2) is 0 Å². The summed E-state index contributed by atoms with van der Waals surface area (Å²) in [6, 6.07) is 4.46. The number of fused-ring (bicyclic) bond motifs is 1. The summed E-state index contributed by atoms with van der Waals surface area (Å²) >= 11 is 0. The van der Waals surface area contributed by atoms with Crippen molar-refractivity contribution in [1.82, 2.24) is 15.1 Å². The number of anilines is 1. The lowest BCUT2D eigenvalue weighted by Gasteiger charge is -2.21. The Morgan fingerprint density at radius 1 is 1.03 bits per heavy atom. The first-order valence-corrected chi connectivity index (χ1v) is 11.6. The first-order valence-electron chi connectivity index (χ1n) is 11.6. The molecule has 0 bridgehead atoms. The topological polar surface area (TPSA) is 167 Å². The van der Waals surface area contributed by atoms with Crippen LogP contribution in [0.1, 0.15) is 18.9 Å². The summed E-state index contributed by atoms with van der Waals surface area (Å²) < 4.78 is 22.1. The highest BCUT2D eigenvalue weighted by Crippen LogP contribution is 2.19. The molecular formula is C23H30N4O9. The number of carbonyl (C=O) groups excluding carboxylic acids is 2. The van der Waals surface area contributed by atoms with Crippen LogP contribution in [0.4, 0.5) is 5.69 Å². The fraction of sp³-hybridized carbons (Fsp3) is 0.522. The molecule has 0 spiro atoms. The van der Waals surface area contributed by atoms with E-state index in [1.54, 1.807) is 18.2 Å². The van der Waals surface area contributed by atoms with E-state index >= 15 is 0 Å². The molecule has 2 amide bonds. The summed E-state index contributed by atoms with van der Waals surface area (Å²) in [5, 5.41) is 19.1. The largest absolute Gasteiger partial charge is 0.480 e. The van der Waals surface area contributed by atoms with E-state index in [0.29, 0.717) is 57.0 Å². The van der Waals surface area contributed by atoms with Crippen LogP contribution in [0, 0.1) is 0 Å². The van der Waals surface area contributed by atoms with Crippen molar-refractivity contribution >= 4 is 34.2 Å². The van der Waals surface area contributed by atoms with E-state index in [4.69, 9.17) is 24.1 Å². The molecule has 1 unspecified atom stereocenters. The van der Waals surface area contributed by atoms with Crippen molar-refractivity contribution in [1.29, 1.82) is 0 Å². The number of benzene rings is 1. The normalized spacial score (nSPS) is 15.7. The Labute approximate surface area is 206 Å². The van der Waals surface area contributed by atoms with Crippen LogP contribution in [0.3, 0.4) is 0 Å². The number of carbonyl (C=O) groups is 3. The molecule has 1 aromatic heterocycles. The van der Waals surface area contributed by atoms with Gasteiger partial charge < -0.3 is 29.4 Å². The first-order chi connectivity index (χ1) is 17.5. The van der Waals surface area contributed by atoms with Crippen LogP contribution in [0.5, 0.6) is 0 Å². The number of aliphatic carboxylic acids is 1. The Kier molecular flexibility index (Phi) is 10.8. The molecule has 1 atom stereocenters. The van der Waals surface area contributed by atoms with Gasteiger partial charge in [-0.15, -0.1) is 0 Å². The van der Waals surface area contributed by atoms with Gasteiger partial charge in [0.1, 0.15) is 12.6 Å². The van der Waals surface area contributed by atoms with E-state index < -0.39 is 17.9 Å². The van der Waals surface area contributed by atoms with Crippen molar-refractivity contribution < 1.29 is 38.4 Å². The maximum absolute atomic E-state index is 12.8. The number of hydrogen-bond acceptors (Lipinski definition) is 10. The lowest BCUT2D eigenvalue weighted by Crippen LogP contribution is -2.45. The number of aromatic nitrogens is 2. The summed E-state index contributed by atoms with van der Waals surface area (Å²) in [6.45, 7) is 2.81. The SMILES string of the molecule is O=C(O)COCCOCCOCCOCCNc1ccc2c(=O)n(C3CCC(=O)NC3=O)ncc2c1. The van der Waals surface area contributed by atoms with Gasteiger partial charge in [0.25, 0.3) is 11.5 Å². The van der Waals surface area contributed by atoms with Gasteiger partial charge in [0.2, 0.25) is 5.91 Å². The van der Waals surface area contributed by atoms with Crippen LogP contribution >= 0.6 is 0 Å². The lowest BCUT2D eigenvalue weighted by molar-refractivity contribution is -0.143. The quantitative estimate of drug-likeness (QED) is 0.206. The molecule has 1 fully saturated rings. The summed E-state index contributed by atoms with van der Waals surface area (Å²) in [5.74, 6) is -1.87. The fourth-order valence-corrected chi connectivity index (χ4v) is 3.50. The highest BCUT2D eigenvalue weighted by Gasteiger charge is 2.29. The third-order valence-corrected chi connectivity index (χ3v) is 5.23. The number of nitrogens with one attached hydrogen (secondary N) is 2. The van der Waals surface area contributed by atoms with E-state index in [1.807, 2.05) is 0 Å². The molecule has 3 N–H and O–H groups in total. The molecule has 0 radical (unpaired) electrons. The van der Waals surface area contributed by atoms with Crippen LogP contribution in [0.25, 0.3) is 10.8 Å². The monoisotopic (exact) mass is 506 g/mol. The Balaban J connectivity index is 1.31. The number of piperidine rings is 1. The molecule has 0 aliphatic carbocycles. The molecule has 196 valence electrons. The highest BCUT2D eigenvalue weighted by atomic mass is 16.6. The van der Waals surface area contributed by atoms with Gasteiger partial charge >= 0.3 is 5.97 Å². The molecule has 13 heteroatoms. The van der Waals surface area contributed by atoms with Crippen molar-refractivity contribution in [3.05, 3.63) is 34.7 Å². The molecule has 1 aromatic carbocycles. The van der Waals surface area contributed by atoms with Gasteiger partial charge in [-0.2, -0.15) is 5.10 Å². The van der Waals surface area contributed by atoms with Gasteiger partial charge in [-0.1, -0.05) is 0 Å². The van der Waals surface area contributed by atoms with Gasteiger partial charge in [-0.25, -0.2) is 9.48 Å². The summed E-state index contributed by atoms with van der Waals surface area (Å²) in [4.78, 5) is 46.5. The zero-order valence-corrected chi connectivity index (χ0v) is 19.8. The average Bonchev–Trinajstić information content (AvgIpc) is 2.85. The van der Waals surface area contributed by atoms with E-state index in [9.17, 15) is 19.2 Å². The van der Waals surface area contributed by atoms with E-state index in [0.717, 1.165) is 10.4 Å². The number of rotatable bonds is 16. The summed E-state index contributed by atoms with van der Waals surface area (Å²) in [5.41, 5.74) is 0.417. The molecule has 1 saturated heterocycles. The molecule has 0 saturated carbocycles. The molecule has 36 heavy (non-hydrogen) atoms. The molecule has 1 aliphatic rings. The molecule has 3 rings (SSSR count). The second-order valence-corrected chi connectivity index (χ2v) is 7.87. The molecule has 2 aromatic rings. The summed E-state index contributed by atoms with van der Waals surface area (Å²) in [7, 11) is 0. The Bertz CT molecular complexity index is 1100. The Morgan fingerprint density at radius 3 is 2.36 bits per heavy atom. The van der Waals surface area contributed by atoms with Crippen molar-refractivity contribution in [2.24, 2.45) is 0 Å². The van der Waals surface area contributed by atoms with Crippen LogP contribution in [0.2, 0.25) is 0 Å². The zero-order valence-electron chi connectivity index (χ0n) is 19.8. The number of imide groups is 1. The minimum Gasteiger partial charge on any atom is -0.480 e. The van der Waals surface area contributed by atoms with Gasteiger partial charge in [0, 0.05) is 24.0 Å². The lowest BCUT2D eigenvalue weighted by atomic mass is 10.1. The van der Waals surface area contributed by atoms with Gasteiger partial charge in [-0.05, 0) is 24.6 Å². The molecular weight excluding hydrogens is 476 g/mol. The highest BCUT2D eigenvalue weighted by molar-refractivity contribution is 5.99. The minimum absolute atomic E-state index is 0.168. The van der Waals surface area contributed by atoms with Crippen LogP contribution < -0.4 is 16.2 Å². The average molecular weight is 507 g/mol. The molecule has 13 nitrogen and oxygen atoms in total. The summed E-state index contributed by atoms with van der Waals surface area (Å²) in [6.07, 6.45) is 1.95. The van der Waals surface area contributed by atoms with Crippen LogP contribution in [-0.4, -0.2) is 92.1 Å². The van der Waals surface area contributed by atoms with Crippen LogP contribution in [-0.2, 0) is 33.3 Å². The third kappa shape index (κ3) is 8.37. The maximum atomic E-state index is 12.8. The number of nitrogens with zero attached hydrogens (tertiary/aromatic N) is 2. The van der Waals surface area contributed by atoms with Gasteiger partial charge in [-0.3, -0.25) is 19.7 Å². The minimum atomic E-state index is -1.01. The number of carboxylic acid groups (broad SMARTS) is 1. The number of amides is 2. The van der Waals surface area contributed by atoms with E-state index in [1.165, 1.54) is 6.20 Å². The smallest absolute Gasteiger partial charge is 0.329 e. The fourth-order valence-electron chi connectivity index (χ4n) is 3.50. The number of carboxylic acids is 1. The van der Waals surface area contributed by atoms with Gasteiger partial charge in [0.05, 0.1) is 57.8 Å². The van der Waals surface area contributed by atoms with Crippen molar-refractivity contribution in [2.75, 3.05) is 64.7 Å².